The first-order valence-electron chi connectivity index (χ1n) is 10.8. The second-order valence-corrected chi connectivity index (χ2v) is 10.2. The summed E-state index contributed by atoms with van der Waals surface area (Å²) in [6.07, 6.45) is 2.34. The maximum atomic E-state index is 13.3. The average Bonchev–Trinajstić information content (AvgIpc) is 2.77. The van der Waals surface area contributed by atoms with Gasteiger partial charge in [0.2, 0.25) is 11.8 Å². The topological polar surface area (TPSA) is 49.4 Å². The van der Waals surface area contributed by atoms with Crippen LogP contribution in [-0.2, 0) is 21.9 Å². The number of rotatable bonds is 12. The number of unbranched alkanes of at least 4 members (excludes halogenated alkanes) is 1. The molecule has 2 aromatic carbocycles. The lowest BCUT2D eigenvalue weighted by Crippen LogP contribution is -2.49. The second-order valence-electron chi connectivity index (χ2n) is 7.52. The van der Waals surface area contributed by atoms with Gasteiger partial charge < -0.3 is 10.2 Å². The third-order valence-corrected chi connectivity index (χ3v) is 7.34. The number of hydrogen-bond acceptors (Lipinski definition) is 3. The van der Waals surface area contributed by atoms with Gasteiger partial charge in [-0.1, -0.05) is 78.8 Å². The number of nitrogens with zero attached hydrogens (tertiary/aromatic N) is 1. The van der Waals surface area contributed by atoms with Crippen molar-refractivity contribution in [2.24, 2.45) is 0 Å². The molecular weight excluding hydrogens is 522 g/mol. The van der Waals surface area contributed by atoms with Crippen LogP contribution in [0.1, 0.15) is 44.2 Å². The van der Waals surface area contributed by atoms with Gasteiger partial charge in [0.05, 0.1) is 5.75 Å². The van der Waals surface area contributed by atoms with E-state index in [-0.39, 0.29) is 24.1 Å². The van der Waals surface area contributed by atoms with Crippen molar-refractivity contribution in [2.75, 3.05) is 12.3 Å². The van der Waals surface area contributed by atoms with E-state index in [2.05, 4.69) is 12.2 Å². The summed E-state index contributed by atoms with van der Waals surface area (Å²) >= 11 is 26.3. The third-order valence-electron chi connectivity index (χ3n) is 5.10. The van der Waals surface area contributed by atoms with Gasteiger partial charge in [-0.2, -0.15) is 0 Å². The van der Waals surface area contributed by atoms with Crippen LogP contribution in [0.15, 0.2) is 36.4 Å². The summed E-state index contributed by atoms with van der Waals surface area (Å²) in [6, 6.07) is 9.86. The first kappa shape index (κ1) is 28.1. The number of thioether (sulfide) groups is 1. The highest BCUT2D eigenvalue weighted by Crippen LogP contribution is 2.29. The number of halogens is 4. The van der Waals surface area contributed by atoms with E-state index in [9.17, 15) is 9.59 Å². The molecule has 33 heavy (non-hydrogen) atoms. The van der Waals surface area contributed by atoms with Crippen LogP contribution in [0.25, 0.3) is 0 Å². The fourth-order valence-electron chi connectivity index (χ4n) is 3.25. The number of benzene rings is 2. The molecule has 0 radical (unpaired) electrons. The summed E-state index contributed by atoms with van der Waals surface area (Å²) < 4.78 is 0. The van der Waals surface area contributed by atoms with Crippen LogP contribution in [0, 0.1) is 0 Å². The molecule has 9 heteroatoms. The first-order valence-corrected chi connectivity index (χ1v) is 13.5. The highest BCUT2D eigenvalue weighted by atomic mass is 35.5. The van der Waals surface area contributed by atoms with Gasteiger partial charge in [0.15, 0.2) is 0 Å². The van der Waals surface area contributed by atoms with E-state index in [1.165, 1.54) is 11.8 Å². The summed E-state index contributed by atoms with van der Waals surface area (Å²) in [5, 5.41) is 5.04. The Morgan fingerprint density at radius 3 is 2.33 bits per heavy atom. The Morgan fingerprint density at radius 2 is 1.73 bits per heavy atom. The van der Waals surface area contributed by atoms with Crippen molar-refractivity contribution in [3.63, 3.8) is 0 Å². The number of carbonyl (C=O) groups excluding carboxylic acids is 2. The number of hydrogen-bond donors (Lipinski definition) is 1. The quantitative estimate of drug-likeness (QED) is 0.283. The van der Waals surface area contributed by atoms with Crippen LogP contribution in [0.3, 0.4) is 0 Å². The molecule has 0 aliphatic carbocycles. The van der Waals surface area contributed by atoms with Crippen molar-refractivity contribution in [3.05, 3.63) is 67.6 Å². The summed E-state index contributed by atoms with van der Waals surface area (Å²) in [5.74, 6) is 0.334. The van der Waals surface area contributed by atoms with Gasteiger partial charge in [-0.25, -0.2) is 0 Å². The molecule has 0 bridgehead atoms. The average molecular weight is 550 g/mol. The highest BCUT2D eigenvalue weighted by Gasteiger charge is 2.29. The highest BCUT2D eigenvalue weighted by molar-refractivity contribution is 7.99. The Balaban J connectivity index is 2.18. The van der Waals surface area contributed by atoms with Gasteiger partial charge in [0, 0.05) is 38.9 Å². The van der Waals surface area contributed by atoms with Crippen molar-refractivity contribution in [1.82, 2.24) is 10.2 Å². The van der Waals surface area contributed by atoms with Crippen molar-refractivity contribution >= 4 is 70.0 Å². The number of nitrogens with one attached hydrogen (secondary N) is 1. The minimum Gasteiger partial charge on any atom is -0.354 e. The Morgan fingerprint density at radius 1 is 1.03 bits per heavy atom. The predicted octanol–water partition coefficient (Wildman–Crippen LogP) is 7.26. The number of amides is 2. The molecule has 0 heterocycles. The Labute approximate surface area is 220 Å². The molecule has 0 aliphatic heterocycles. The molecule has 0 aliphatic rings. The predicted molar refractivity (Wildman–Crippen MR) is 142 cm³/mol. The minimum atomic E-state index is -0.606. The minimum absolute atomic E-state index is 0.160. The van der Waals surface area contributed by atoms with Crippen molar-refractivity contribution < 1.29 is 9.59 Å². The SMILES string of the molecule is CCCCNC(=O)C(CC)N(Cc1ccc(Cl)cc1Cl)C(=O)CSCc1c(Cl)cccc1Cl. The lowest BCUT2D eigenvalue weighted by molar-refractivity contribution is -0.139. The van der Waals surface area contributed by atoms with Crippen LogP contribution < -0.4 is 5.32 Å². The molecule has 4 nitrogen and oxygen atoms in total. The zero-order valence-electron chi connectivity index (χ0n) is 18.7. The van der Waals surface area contributed by atoms with Gasteiger partial charge >= 0.3 is 0 Å². The largest absolute Gasteiger partial charge is 0.354 e. The normalized spacial score (nSPS) is 11.8. The third kappa shape index (κ3) is 8.56. The molecular formula is C24H28Cl4N2O2S. The fraction of sp³-hybridized carbons (Fsp3) is 0.417. The molecule has 0 saturated carbocycles. The van der Waals surface area contributed by atoms with Crippen LogP contribution in [0.4, 0.5) is 0 Å². The zero-order valence-corrected chi connectivity index (χ0v) is 22.5. The van der Waals surface area contributed by atoms with E-state index < -0.39 is 6.04 Å². The zero-order chi connectivity index (χ0) is 24.4. The molecule has 1 N–H and O–H groups in total. The Bertz CT molecular complexity index is 938. The van der Waals surface area contributed by atoms with Crippen LogP contribution in [0.2, 0.25) is 20.1 Å². The molecule has 2 rings (SSSR count). The Kier molecular flexibility index (Phi) is 12.2. The fourth-order valence-corrected chi connectivity index (χ4v) is 5.37. The maximum Gasteiger partial charge on any atom is 0.242 e. The summed E-state index contributed by atoms with van der Waals surface area (Å²) in [7, 11) is 0. The lowest BCUT2D eigenvalue weighted by atomic mass is 10.1. The van der Waals surface area contributed by atoms with E-state index in [1.54, 1.807) is 41.3 Å². The maximum absolute atomic E-state index is 13.3. The van der Waals surface area contributed by atoms with Crippen molar-refractivity contribution in [3.8, 4) is 0 Å². The van der Waals surface area contributed by atoms with Gasteiger partial charge in [0.1, 0.15) is 6.04 Å². The summed E-state index contributed by atoms with van der Waals surface area (Å²) in [6.45, 7) is 4.74. The van der Waals surface area contributed by atoms with Gasteiger partial charge in [-0.3, -0.25) is 9.59 Å². The molecule has 180 valence electrons. The van der Waals surface area contributed by atoms with Gasteiger partial charge in [-0.05, 0) is 48.2 Å². The number of carbonyl (C=O) groups is 2. The van der Waals surface area contributed by atoms with Crippen molar-refractivity contribution in [1.29, 1.82) is 0 Å². The first-order chi connectivity index (χ1) is 15.8. The summed E-state index contributed by atoms with van der Waals surface area (Å²) in [4.78, 5) is 27.8. The van der Waals surface area contributed by atoms with Crippen LogP contribution in [-0.4, -0.2) is 35.1 Å². The molecule has 1 atom stereocenters. The second kappa shape index (κ2) is 14.3. The molecule has 0 aromatic heterocycles. The molecule has 0 fully saturated rings. The van der Waals surface area contributed by atoms with E-state index in [1.807, 2.05) is 6.92 Å². The molecule has 0 saturated heterocycles. The van der Waals surface area contributed by atoms with E-state index in [0.717, 1.165) is 24.0 Å². The van der Waals surface area contributed by atoms with E-state index in [0.29, 0.717) is 38.8 Å². The van der Waals surface area contributed by atoms with Crippen LogP contribution >= 0.6 is 58.2 Å². The monoisotopic (exact) mass is 548 g/mol. The van der Waals surface area contributed by atoms with Gasteiger partial charge in [0.25, 0.3) is 0 Å². The molecule has 1 unspecified atom stereocenters. The lowest BCUT2D eigenvalue weighted by Gasteiger charge is -2.31. The molecule has 2 amide bonds. The standard InChI is InChI=1S/C24H28Cl4N2O2S/c1-3-5-11-29-24(32)22(4-2)30(13-16-9-10-17(25)12-21(16)28)23(31)15-33-14-18-19(26)7-6-8-20(18)27/h6-10,12,22H,3-5,11,13-15H2,1-2H3,(H,29,32). The van der Waals surface area contributed by atoms with E-state index >= 15 is 0 Å². The van der Waals surface area contributed by atoms with Gasteiger partial charge in [-0.15, -0.1) is 11.8 Å². The summed E-state index contributed by atoms with van der Waals surface area (Å²) in [5.41, 5.74) is 1.52. The van der Waals surface area contributed by atoms with Crippen molar-refractivity contribution in [2.45, 2.75) is 51.4 Å². The smallest absolute Gasteiger partial charge is 0.242 e. The van der Waals surface area contributed by atoms with E-state index in [4.69, 9.17) is 46.4 Å². The Hall–Kier alpha value is -1.11. The molecule has 2 aromatic rings. The molecule has 0 spiro atoms. The van der Waals surface area contributed by atoms with Crippen LogP contribution in [0.5, 0.6) is 0 Å².